The number of carbonyl (C=O) groups excluding carboxylic acids is 1. The van der Waals surface area contributed by atoms with E-state index in [1.54, 1.807) is 19.1 Å². The summed E-state index contributed by atoms with van der Waals surface area (Å²) in [5.41, 5.74) is 3.41. The molecule has 2 saturated heterocycles. The number of hydrogen-bond donors (Lipinski definition) is 7. The van der Waals surface area contributed by atoms with E-state index in [1.165, 1.54) is 25.1 Å². The fraction of sp³-hybridized carbons (Fsp3) is 0.395. The van der Waals surface area contributed by atoms with E-state index in [0.717, 1.165) is 16.9 Å². The van der Waals surface area contributed by atoms with Crippen LogP contribution in [0.25, 0.3) is 6.08 Å². The third kappa shape index (κ3) is 8.11. The number of carbonyl (C=O) groups is 1. The lowest BCUT2D eigenvalue weighted by molar-refractivity contribution is -0.155. The number of aliphatic hydroxyl groups is 5. The Morgan fingerprint density at radius 3 is 2.29 bits per heavy atom. The van der Waals surface area contributed by atoms with Crippen molar-refractivity contribution in [2.24, 2.45) is 0 Å². The van der Waals surface area contributed by atoms with Gasteiger partial charge in [-0.3, -0.25) is 4.79 Å². The maximum absolute atomic E-state index is 12.9. The molecule has 1 saturated carbocycles. The molecule has 0 spiro atoms. The Bertz CT molecular complexity index is 1730. The molecule has 51 heavy (non-hydrogen) atoms. The quantitative estimate of drug-likeness (QED) is 0.113. The molecule has 13 nitrogen and oxygen atoms in total. The maximum Gasteiger partial charge on any atom is 0.247 e. The molecule has 1 aliphatic carbocycles. The van der Waals surface area contributed by atoms with Crippen molar-refractivity contribution >= 4 is 12.0 Å². The number of rotatable bonds is 11. The highest BCUT2D eigenvalue weighted by Crippen LogP contribution is 2.34. The Morgan fingerprint density at radius 2 is 1.55 bits per heavy atom. The molecule has 3 fully saturated rings. The Morgan fingerprint density at radius 1 is 0.843 bits per heavy atom. The van der Waals surface area contributed by atoms with Gasteiger partial charge in [-0.15, -0.1) is 0 Å². The lowest BCUT2D eigenvalue weighted by atomic mass is 9.83. The van der Waals surface area contributed by atoms with Gasteiger partial charge in [-0.1, -0.05) is 54.6 Å². The largest absolute Gasteiger partial charge is 0.504 e. The van der Waals surface area contributed by atoms with E-state index in [9.17, 15) is 35.4 Å². The average molecular weight is 706 g/mol. The first kappa shape index (κ1) is 36.5. The molecule has 272 valence electrons. The highest BCUT2D eigenvalue weighted by Gasteiger charge is 2.53. The number of aromatic hydroxyl groups is 1. The van der Waals surface area contributed by atoms with Crippen molar-refractivity contribution < 1.29 is 59.1 Å². The first-order valence-electron chi connectivity index (χ1n) is 16.7. The number of phenolic OH excluding ortho intramolecular Hbond substituents is 1. The lowest BCUT2D eigenvalue weighted by Gasteiger charge is -2.41. The van der Waals surface area contributed by atoms with E-state index in [2.05, 4.69) is 17.4 Å². The summed E-state index contributed by atoms with van der Waals surface area (Å²) in [4.78, 5) is 12.9. The van der Waals surface area contributed by atoms with Gasteiger partial charge >= 0.3 is 0 Å². The topological polar surface area (TPSA) is 197 Å². The summed E-state index contributed by atoms with van der Waals surface area (Å²) in [5, 5.41) is 66.2. The summed E-state index contributed by atoms with van der Waals surface area (Å²) >= 11 is 0. The van der Waals surface area contributed by atoms with Gasteiger partial charge in [0.25, 0.3) is 0 Å². The van der Waals surface area contributed by atoms with Gasteiger partial charge in [0, 0.05) is 12.0 Å². The second-order valence-corrected chi connectivity index (χ2v) is 13.0. The van der Waals surface area contributed by atoms with Gasteiger partial charge in [-0.25, -0.2) is 0 Å². The van der Waals surface area contributed by atoms with Crippen LogP contribution in [-0.4, -0.2) is 111 Å². The zero-order chi connectivity index (χ0) is 36.2. The summed E-state index contributed by atoms with van der Waals surface area (Å²) in [7, 11) is 0. The highest BCUT2D eigenvalue weighted by atomic mass is 16.7. The van der Waals surface area contributed by atoms with Crippen LogP contribution in [0.4, 0.5) is 0 Å². The normalized spacial score (nSPS) is 30.9. The minimum atomic E-state index is -1.49. The molecule has 3 aliphatic rings. The number of fused-ring (bicyclic) bond motifs is 1. The molecule has 1 amide bonds. The number of hydrogen-bond acceptors (Lipinski definition) is 12. The van der Waals surface area contributed by atoms with Crippen molar-refractivity contribution in [2.45, 2.75) is 81.4 Å². The SMILES string of the molecule is CC(=Cc1ccc(O[C@@H]2O[C@H](C(C)=CCOc3ccccc3Cc3ccccc3)[C@@H](O)[C@@H]2O)c(O)c1)C(=O)N[C@@H]1[C@H](O)[C@@H](O)[C@H]2OCO[C@H]2[C@@H]1O. The van der Waals surface area contributed by atoms with Crippen molar-refractivity contribution in [3.8, 4) is 17.2 Å². The third-order valence-corrected chi connectivity index (χ3v) is 9.39. The minimum Gasteiger partial charge on any atom is -0.504 e. The Kier molecular flexibility index (Phi) is 11.4. The van der Waals surface area contributed by atoms with Crippen LogP contribution >= 0.6 is 0 Å². The second kappa shape index (κ2) is 15.9. The van der Waals surface area contributed by atoms with E-state index in [1.807, 2.05) is 42.5 Å². The number of aliphatic hydroxyl groups excluding tert-OH is 5. The summed E-state index contributed by atoms with van der Waals surface area (Å²) in [6.45, 7) is 3.31. The van der Waals surface area contributed by atoms with Gasteiger partial charge in [0.05, 0.1) is 6.04 Å². The molecule has 0 unspecified atom stereocenters. The molecular formula is C38H43NO12. The Labute approximate surface area is 294 Å². The summed E-state index contributed by atoms with van der Waals surface area (Å²) in [6.07, 6.45) is -6.96. The zero-order valence-corrected chi connectivity index (χ0v) is 28.1. The van der Waals surface area contributed by atoms with Gasteiger partial charge < -0.3 is 59.6 Å². The minimum absolute atomic E-state index is 0.0260. The smallest absolute Gasteiger partial charge is 0.247 e. The molecule has 10 atom stereocenters. The predicted octanol–water partition coefficient (Wildman–Crippen LogP) is 1.56. The second-order valence-electron chi connectivity index (χ2n) is 13.0. The first-order valence-corrected chi connectivity index (χ1v) is 16.7. The fourth-order valence-corrected chi connectivity index (χ4v) is 6.49. The van der Waals surface area contributed by atoms with E-state index >= 15 is 0 Å². The van der Waals surface area contributed by atoms with Crippen LogP contribution in [0, 0.1) is 0 Å². The number of amides is 1. The van der Waals surface area contributed by atoms with E-state index < -0.39 is 67.1 Å². The fourth-order valence-electron chi connectivity index (χ4n) is 6.49. The number of nitrogens with one attached hydrogen (secondary N) is 1. The molecule has 2 aliphatic heterocycles. The summed E-state index contributed by atoms with van der Waals surface area (Å²) in [6, 6.07) is 20.9. The van der Waals surface area contributed by atoms with Crippen LogP contribution in [-0.2, 0) is 25.4 Å². The van der Waals surface area contributed by atoms with Gasteiger partial charge in [0.15, 0.2) is 11.5 Å². The molecular weight excluding hydrogens is 662 g/mol. The van der Waals surface area contributed by atoms with Gasteiger partial charge in [-0.2, -0.15) is 0 Å². The predicted molar refractivity (Wildman–Crippen MR) is 183 cm³/mol. The van der Waals surface area contributed by atoms with Crippen molar-refractivity contribution in [2.75, 3.05) is 13.4 Å². The standard InChI is InChI=1S/C38H43NO12/c1-20(14-15-47-26-11-7-6-10-24(26)17-22-8-4-3-5-9-22)34-32(44)33(45)38(51-34)50-27-13-12-23(18-25(27)40)16-21(2)37(46)39-28-29(41)31(43)36-35(30(28)42)48-19-49-36/h3-14,16,18,28-36,38,40-45H,15,17,19H2,1-2H3,(H,39,46)/t28-,29+,30-,31-,32+,33+,34-,35+,36-,38-/m1/s1. The lowest BCUT2D eigenvalue weighted by Crippen LogP contribution is -2.67. The third-order valence-electron chi connectivity index (χ3n) is 9.39. The average Bonchev–Trinajstić information content (AvgIpc) is 3.73. The summed E-state index contributed by atoms with van der Waals surface area (Å²) in [5.74, 6) is -0.234. The molecule has 7 N–H and O–H groups in total. The molecule has 6 rings (SSSR count). The van der Waals surface area contributed by atoms with Crippen LogP contribution in [0.5, 0.6) is 17.2 Å². The van der Waals surface area contributed by atoms with Crippen LogP contribution in [0.2, 0.25) is 0 Å². The number of ether oxygens (including phenoxy) is 5. The number of para-hydroxylation sites is 1. The molecule has 3 aromatic rings. The molecule has 0 radical (unpaired) electrons. The van der Waals surface area contributed by atoms with Gasteiger partial charge in [0.2, 0.25) is 12.2 Å². The Hall–Kier alpha value is -4.31. The molecule has 0 bridgehead atoms. The van der Waals surface area contributed by atoms with E-state index in [-0.39, 0.29) is 30.5 Å². The van der Waals surface area contributed by atoms with Gasteiger partial charge in [-0.05, 0) is 66.5 Å². The monoisotopic (exact) mass is 705 g/mol. The molecule has 3 aromatic carbocycles. The molecule has 2 heterocycles. The van der Waals surface area contributed by atoms with Crippen molar-refractivity contribution in [3.05, 3.63) is 107 Å². The molecule has 0 aromatic heterocycles. The highest BCUT2D eigenvalue weighted by molar-refractivity contribution is 5.97. The van der Waals surface area contributed by atoms with E-state index in [4.69, 9.17) is 23.7 Å². The van der Waals surface area contributed by atoms with Crippen LogP contribution in [0.1, 0.15) is 30.5 Å². The van der Waals surface area contributed by atoms with Gasteiger partial charge in [0.1, 0.15) is 68.0 Å². The van der Waals surface area contributed by atoms with Crippen molar-refractivity contribution in [1.29, 1.82) is 0 Å². The first-order chi connectivity index (χ1) is 24.5. The molecule has 13 heteroatoms. The van der Waals surface area contributed by atoms with Crippen molar-refractivity contribution in [3.63, 3.8) is 0 Å². The number of phenols is 1. The maximum atomic E-state index is 12.9. The van der Waals surface area contributed by atoms with Crippen LogP contribution in [0.3, 0.4) is 0 Å². The van der Waals surface area contributed by atoms with Crippen LogP contribution < -0.4 is 14.8 Å². The Balaban J connectivity index is 1.04. The zero-order valence-electron chi connectivity index (χ0n) is 28.1. The van der Waals surface area contributed by atoms with Crippen molar-refractivity contribution in [1.82, 2.24) is 5.32 Å². The van der Waals surface area contributed by atoms with Crippen LogP contribution in [0.15, 0.2) is 90.0 Å². The number of benzene rings is 3. The summed E-state index contributed by atoms with van der Waals surface area (Å²) < 4.78 is 28.2. The van der Waals surface area contributed by atoms with E-state index in [0.29, 0.717) is 17.6 Å².